The fraction of sp³-hybridized carbons (Fsp3) is 0.100. The first-order valence-electron chi connectivity index (χ1n) is 4.72. The van der Waals surface area contributed by atoms with Crippen LogP contribution in [0.5, 0.6) is 0 Å². The second-order valence-electron chi connectivity index (χ2n) is 3.10. The Kier molecular flexibility index (Phi) is 3.60. The number of aromatic nitrogens is 3. The maximum atomic E-state index is 11.8. The summed E-state index contributed by atoms with van der Waals surface area (Å²) in [6.07, 6.45) is 5.22. The molecule has 7 heteroatoms. The van der Waals surface area contributed by atoms with E-state index in [1.165, 1.54) is 11.8 Å². The first-order valence-corrected chi connectivity index (χ1v) is 6.83. The van der Waals surface area contributed by atoms with E-state index in [4.69, 9.17) is 5.84 Å². The van der Waals surface area contributed by atoms with Crippen LogP contribution in [0.2, 0.25) is 0 Å². The van der Waals surface area contributed by atoms with Crippen LogP contribution in [-0.4, -0.2) is 21.1 Å². The average Bonchev–Trinajstić information content (AvgIpc) is 2.84. The highest BCUT2D eigenvalue weighted by molar-refractivity contribution is 7.98. The van der Waals surface area contributed by atoms with Crippen LogP contribution in [0.25, 0.3) is 12.2 Å². The number of nitrogens with zero attached hydrogens (tertiary/aromatic N) is 3. The molecule has 0 saturated carbocycles. The molecule has 0 bridgehead atoms. The van der Waals surface area contributed by atoms with Crippen molar-refractivity contribution >= 4 is 35.3 Å². The third kappa shape index (κ3) is 2.56. The zero-order valence-electron chi connectivity index (χ0n) is 9.03. The molecule has 0 saturated heterocycles. The number of nitrogen functional groups attached to an aromatic ring is 1. The van der Waals surface area contributed by atoms with Gasteiger partial charge in [-0.3, -0.25) is 4.79 Å². The summed E-state index contributed by atoms with van der Waals surface area (Å²) in [7, 11) is 0. The number of rotatable bonds is 3. The summed E-state index contributed by atoms with van der Waals surface area (Å²) < 4.78 is 1.01. The second-order valence-corrected chi connectivity index (χ2v) is 4.85. The second kappa shape index (κ2) is 5.15. The van der Waals surface area contributed by atoms with E-state index in [1.54, 1.807) is 23.7 Å². The highest BCUT2D eigenvalue weighted by atomic mass is 32.2. The fourth-order valence-electron chi connectivity index (χ4n) is 1.19. The molecule has 0 spiro atoms. The first-order chi connectivity index (χ1) is 8.22. The van der Waals surface area contributed by atoms with Crippen LogP contribution in [0.4, 0.5) is 0 Å². The number of hydrogen-bond acceptors (Lipinski definition) is 6. The highest BCUT2D eigenvalue weighted by Gasteiger charge is 2.06. The van der Waals surface area contributed by atoms with E-state index >= 15 is 0 Å². The third-order valence-electron chi connectivity index (χ3n) is 2.02. The van der Waals surface area contributed by atoms with E-state index in [9.17, 15) is 4.79 Å². The van der Waals surface area contributed by atoms with Gasteiger partial charge in [0.25, 0.3) is 5.56 Å². The van der Waals surface area contributed by atoms with E-state index in [0.717, 1.165) is 9.55 Å². The minimum absolute atomic E-state index is 0.235. The molecule has 2 aromatic rings. The molecule has 2 rings (SSSR count). The van der Waals surface area contributed by atoms with Gasteiger partial charge in [0.1, 0.15) is 0 Å². The number of thioether (sulfide) groups is 1. The Morgan fingerprint density at radius 2 is 2.29 bits per heavy atom. The van der Waals surface area contributed by atoms with Gasteiger partial charge in [-0.1, -0.05) is 17.8 Å². The Labute approximate surface area is 106 Å². The largest absolute Gasteiger partial charge is 0.334 e. The molecule has 0 unspecified atom stereocenters. The predicted molar refractivity (Wildman–Crippen MR) is 71.5 cm³/mol. The van der Waals surface area contributed by atoms with E-state index in [0.29, 0.717) is 5.16 Å². The smallest absolute Gasteiger partial charge is 0.298 e. The molecule has 0 radical (unpaired) electrons. The van der Waals surface area contributed by atoms with E-state index < -0.39 is 0 Å². The van der Waals surface area contributed by atoms with Crippen LogP contribution in [0.15, 0.2) is 27.5 Å². The lowest BCUT2D eigenvalue weighted by molar-refractivity contribution is 0.695. The quantitative estimate of drug-likeness (QED) is 0.669. The molecular weight excluding hydrogens is 256 g/mol. The van der Waals surface area contributed by atoms with Crippen molar-refractivity contribution in [1.82, 2.24) is 14.9 Å². The molecule has 2 aromatic heterocycles. The summed E-state index contributed by atoms with van der Waals surface area (Å²) in [4.78, 5) is 12.8. The van der Waals surface area contributed by atoms with Gasteiger partial charge in [0.05, 0.1) is 0 Å². The van der Waals surface area contributed by atoms with E-state index in [1.807, 2.05) is 23.6 Å². The zero-order valence-corrected chi connectivity index (χ0v) is 10.7. The average molecular weight is 266 g/mol. The molecule has 2 heterocycles. The van der Waals surface area contributed by atoms with Gasteiger partial charge in [-0.25, -0.2) is 0 Å². The summed E-state index contributed by atoms with van der Waals surface area (Å²) in [5, 5.41) is 10.1. The molecule has 5 nitrogen and oxygen atoms in total. The van der Waals surface area contributed by atoms with Crippen molar-refractivity contribution < 1.29 is 0 Å². The molecule has 0 atom stereocenters. The van der Waals surface area contributed by atoms with Crippen LogP contribution >= 0.6 is 23.1 Å². The molecule has 0 aromatic carbocycles. The van der Waals surface area contributed by atoms with Gasteiger partial charge >= 0.3 is 0 Å². The van der Waals surface area contributed by atoms with Crippen molar-refractivity contribution in [2.45, 2.75) is 5.16 Å². The Morgan fingerprint density at radius 3 is 2.94 bits per heavy atom. The highest BCUT2D eigenvalue weighted by Crippen LogP contribution is 2.11. The SMILES string of the molecule is CSc1nnc(C=Cc2cccs2)c(=O)n1N. The van der Waals surface area contributed by atoms with Crippen molar-refractivity contribution in [3.8, 4) is 0 Å². The van der Waals surface area contributed by atoms with Gasteiger partial charge in [-0.2, -0.15) is 4.68 Å². The summed E-state index contributed by atoms with van der Waals surface area (Å²) in [6, 6.07) is 3.89. The molecule has 0 fully saturated rings. The topological polar surface area (TPSA) is 73.8 Å². The van der Waals surface area contributed by atoms with Crippen LogP contribution in [0, 0.1) is 0 Å². The molecule has 88 valence electrons. The minimum Gasteiger partial charge on any atom is -0.334 e. The van der Waals surface area contributed by atoms with Gasteiger partial charge in [-0.05, 0) is 29.9 Å². The standard InChI is InChI=1S/C10H10N4OS2/c1-16-10-13-12-8(9(15)14(10)11)5-4-7-3-2-6-17-7/h2-6H,11H2,1H3. The normalized spacial score (nSPS) is 11.1. The Balaban J connectivity index is 2.35. The summed E-state index contributed by atoms with van der Waals surface area (Å²) in [5.41, 5.74) is -0.115. The lowest BCUT2D eigenvalue weighted by Crippen LogP contribution is -2.32. The van der Waals surface area contributed by atoms with Gasteiger partial charge in [0, 0.05) is 4.88 Å². The summed E-state index contributed by atoms with van der Waals surface area (Å²) >= 11 is 2.86. The van der Waals surface area contributed by atoms with Gasteiger partial charge in [0.2, 0.25) is 5.16 Å². The maximum Gasteiger partial charge on any atom is 0.298 e. The Morgan fingerprint density at radius 1 is 1.47 bits per heavy atom. The van der Waals surface area contributed by atoms with Gasteiger partial charge < -0.3 is 5.84 Å². The van der Waals surface area contributed by atoms with Crippen LogP contribution in [0.1, 0.15) is 10.6 Å². The van der Waals surface area contributed by atoms with E-state index in [-0.39, 0.29) is 11.3 Å². The molecule has 0 aliphatic rings. The molecule has 0 aliphatic carbocycles. The first kappa shape index (κ1) is 11.9. The molecule has 2 N–H and O–H groups in total. The number of thiophene rings is 1. The third-order valence-corrected chi connectivity index (χ3v) is 3.50. The fourth-order valence-corrected chi connectivity index (χ4v) is 2.21. The maximum absolute atomic E-state index is 11.8. The predicted octanol–water partition coefficient (Wildman–Crippen LogP) is 1.31. The van der Waals surface area contributed by atoms with Crippen molar-refractivity contribution in [2.24, 2.45) is 0 Å². The molecule has 17 heavy (non-hydrogen) atoms. The molecular formula is C10H10N4OS2. The summed E-state index contributed by atoms with van der Waals surface area (Å²) in [5.74, 6) is 5.59. The van der Waals surface area contributed by atoms with Crippen LogP contribution in [0.3, 0.4) is 0 Å². The molecule has 0 amide bonds. The van der Waals surface area contributed by atoms with Gasteiger partial charge in [0.15, 0.2) is 5.69 Å². The summed E-state index contributed by atoms with van der Waals surface area (Å²) in [6.45, 7) is 0. The zero-order chi connectivity index (χ0) is 12.3. The number of hydrogen-bond donors (Lipinski definition) is 1. The van der Waals surface area contributed by atoms with E-state index in [2.05, 4.69) is 10.2 Å². The lowest BCUT2D eigenvalue weighted by Gasteiger charge is -2.02. The van der Waals surface area contributed by atoms with Crippen molar-refractivity contribution in [1.29, 1.82) is 0 Å². The van der Waals surface area contributed by atoms with Crippen LogP contribution < -0.4 is 11.4 Å². The number of nitrogens with two attached hydrogens (primary N) is 1. The van der Waals surface area contributed by atoms with Crippen molar-refractivity contribution in [3.63, 3.8) is 0 Å². The molecule has 0 aliphatic heterocycles. The van der Waals surface area contributed by atoms with Crippen molar-refractivity contribution in [3.05, 3.63) is 38.4 Å². The van der Waals surface area contributed by atoms with Crippen LogP contribution in [-0.2, 0) is 0 Å². The lowest BCUT2D eigenvalue weighted by atomic mass is 10.3. The Bertz CT molecular complexity index is 589. The minimum atomic E-state index is -0.350. The monoisotopic (exact) mass is 266 g/mol. The van der Waals surface area contributed by atoms with Gasteiger partial charge in [-0.15, -0.1) is 21.5 Å². The van der Waals surface area contributed by atoms with Crippen molar-refractivity contribution in [2.75, 3.05) is 12.1 Å². The Hall–Kier alpha value is -1.60.